The lowest BCUT2D eigenvalue weighted by molar-refractivity contribution is 1.19. The molecule has 0 aliphatic heterocycles. The summed E-state index contributed by atoms with van der Waals surface area (Å²) in [6.07, 6.45) is 10.6. The smallest absolute Gasteiger partial charge is 0.0619 e. The van der Waals surface area contributed by atoms with Crippen molar-refractivity contribution in [1.29, 1.82) is 5.41 Å². The number of para-hydroxylation sites is 1. The van der Waals surface area contributed by atoms with E-state index >= 15 is 0 Å². The van der Waals surface area contributed by atoms with Crippen molar-refractivity contribution in [2.24, 2.45) is 5.73 Å². The van der Waals surface area contributed by atoms with Gasteiger partial charge in [0.2, 0.25) is 0 Å². The average Bonchev–Trinajstić information content (AvgIpc) is 3.24. The van der Waals surface area contributed by atoms with E-state index in [0.29, 0.717) is 0 Å². The lowest BCUT2D eigenvalue weighted by Gasteiger charge is -2.11. The van der Waals surface area contributed by atoms with Crippen LogP contribution in [-0.2, 0) is 0 Å². The summed E-state index contributed by atoms with van der Waals surface area (Å²) in [5, 5.41) is 12.5. The normalized spacial score (nSPS) is 12.7. The number of hydrogen-bond donors (Lipinski definition) is 2. The van der Waals surface area contributed by atoms with Gasteiger partial charge in [-0.3, -0.25) is 0 Å². The summed E-state index contributed by atoms with van der Waals surface area (Å²) >= 11 is 0. The topological polar surface area (TPSA) is 54.8 Å². The molecule has 0 bridgehead atoms. The van der Waals surface area contributed by atoms with Gasteiger partial charge in [0.25, 0.3) is 0 Å². The standard InChI is InChI=1S/C32H27N3/c1-3-8-25(20-33)22-12-15-28-24(18-22)14-17-30-29-16-13-23(26(21-34)9-4-2)19-31(29)35(32(28)30)27-10-6-5-7-11-27/h3-21,33H,1,34H2,2H3/b9-4-,25-8+,26-21+,33-20?. The van der Waals surface area contributed by atoms with Crippen molar-refractivity contribution in [3.05, 3.63) is 127 Å². The number of aromatic nitrogens is 1. The van der Waals surface area contributed by atoms with Crippen molar-refractivity contribution < 1.29 is 0 Å². The number of allylic oxidation sites excluding steroid dienone is 6. The van der Waals surface area contributed by atoms with Gasteiger partial charge in [0.15, 0.2) is 0 Å². The fourth-order valence-electron chi connectivity index (χ4n) is 4.82. The van der Waals surface area contributed by atoms with Gasteiger partial charge in [-0.05, 0) is 58.8 Å². The summed E-state index contributed by atoms with van der Waals surface area (Å²) in [7, 11) is 0. The van der Waals surface area contributed by atoms with E-state index in [0.717, 1.165) is 38.9 Å². The van der Waals surface area contributed by atoms with Crippen LogP contribution in [0.1, 0.15) is 18.1 Å². The van der Waals surface area contributed by atoms with Crippen LogP contribution in [0, 0.1) is 5.41 Å². The molecular weight excluding hydrogens is 426 g/mol. The van der Waals surface area contributed by atoms with Crippen LogP contribution in [0.3, 0.4) is 0 Å². The van der Waals surface area contributed by atoms with Crippen LogP contribution in [0.2, 0.25) is 0 Å². The van der Waals surface area contributed by atoms with Gasteiger partial charge >= 0.3 is 0 Å². The second kappa shape index (κ2) is 9.32. The Bertz CT molecular complexity index is 1680. The van der Waals surface area contributed by atoms with Crippen LogP contribution >= 0.6 is 0 Å². The molecule has 0 fully saturated rings. The fourth-order valence-corrected chi connectivity index (χ4v) is 4.82. The Balaban J connectivity index is 1.89. The van der Waals surface area contributed by atoms with E-state index in [2.05, 4.69) is 83.9 Å². The first kappa shape index (κ1) is 22.2. The lowest BCUT2D eigenvalue weighted by atomic mass is 9.99. The van der Waals surface area contributed by atoms with Crippen molar-refractivity contribution in [2.45, 2.75) is 6.92 Å². The molecule has 3 heteroatoms. The number of hydrogen-bond acceptors (Lipinski definition) is 2. The van der Waals surface area contributed by atoms with E-state index in [-0.39, 0.29) is 0 Å². The summed E-state index contributed by atoms with van der Waals surface area (Å²) in [5.74, 6) is 0. The van der Waals surface area contributed by atoms with Gasteiger partial charge in [0.05, 0.1) is 11.0 Å². The first-order valence-corrected chi connectivity index (χ1v) is 11.6. The van der Waals surface area contributed by atoms with Crippen LogP contribution < -0.4 is 5.73 Å². The molecule has 5 aromatic rings. The number of fused-ring (bicyclic) bond motifs is 5. The molecule has 0 spiro atoms. The minimum Gasteiger partial charge on any atom is -0.404 e. The van der Waals surface area contributed by atoms with Crippen molar-refractivity contribution in [1.82, 2.24) is 4.57 Å². The third-order valence-electron chi connectivity index (χ3n) is 6.40. The maximum absolute atomic E-state index is 7.80. The largest absolute Gasteiger partial charge is 0.404 e. The molecule has 0 saturated heterocycles. The minimum atomic E-state index is 0.834. The van der Waals surface area contributed by atoms with Crippen LogP contribution in [0.25, 0.3) is 49.4 Å². The van der Waals surface area contributed by atoms with E-state index < -0.39 is 0 Å². The van der Waals surface area contributed by atoms with E-state index in [1.54, 1.807) is 12.3 Å². The molecule has 1 aromatic heterocycles. The highest BCUT2D eigenvalue weighted by Crippen LogP contribution is 2.38. The van der Waals surface area contributed by atoms with Crippen LogP contribution in [0.5, 0.6) is 0 Å². The molecule has 3 nitrogen and oxygen atoms in total. The lowest BCUT2D eigenvalue weighted by Crippen LogP contribution is -1.95. The second-order valence-corrected chi connectivity index (χ2v) is 8.42. The molecule has 35 heavy (non-hydrogen) atoms. The van der Waals surface area contributed by atoms with Gasteiger partial charge in [-0.15, -0.1) is 0 Å². The molecule has 0 unspecified atom stereocenters. The first-order valence-electron chi connectivity index (χ1n) is 11.6. The zero-order valence-corrected chi connectivity index (χ0v) is 19.7. The molecule has 0 atom stereocenters. The van der Waals surface area contributed by atoms with Gasteiger partial charge in [0.1, 0.15) is 0 Å². The van der Waals surface area contributed by atoms with Gasteiger partial charge < -0.3 is 15.7 Å². The van der Waals surface area contributed by atoms with E-state index in [9.17, 15) is 0 Å². The quantitative estimate of drug-likeness (QED) is 0.198. The predicted molar refractivity (Wildman–Crippen MR) is 152 cm³/mol. The molecule has 0 amide bonds. The zero-order chi connectivity index (χ0) is 24.4. The van der Waals surface area contributed by atoms with Crippen LogP contribution in [0.4, 0.5) is 0 Å². The molecule has 0 aliphatic rings. The number of nitrogens with zero attached hydrogens (tertiary/aromatic N) is 1. The Morgan fingerprint density at radius 3 is 2.26 bits per heavy atom. The number of benzene rings is 4. The molecule has 5 rings (SSSR count). The second-order valence-electron chi connectivity index (χ2n) is 8.42. The van der Waals surface area contributed by atoms with Crippen molar-refractivity contribution in [3.63, 3.8) is 0 Å². The first-order chi connectivity index (χ1) is 17.2. The maximum Gasteiger partial charge on any atom is 0.0619 e. The third-order valence-corrected chi connectivity index (χ3v) is 6.40. The number of nitrogens with two attached hydrogens (primary N) is 1. The molecule has 4 aromatic carbocycles. The number of rotatable bonds is 6. The Morgan fingerprint density at radius 2 is 1.57 bits per heavy atom. The number of nitrogens with one attached hydrogen (secondary N) is 1. The molecule has 0 radical (unpaired) electrons. The SMILES string of the molecule is C=C/C=C(\C=N)c1ccc2c(ccc3c4ccc(C(/C=C\C)=C/N)cc4n(-c4ccccc4)c23)c1. The van der Waals surface area contributed by atoms with E-state index in [1.165, 1.54) is 27.9 Å². The highest BCUT2D eigenvalue weighted by atomic mass is 15.0. The van der Waals surface area contributed by atoms with Crippen LogP contribution in [-0.4, -0.2) is 10.8 Å². The third kappa shape index (κ3) is 3.77. The summed E-state index contributed by atoms with van der Waals surface area (Å²) in [6.45, 7) is 5.78. The summed E-state index contributed by atoms with van der Waals surface area (Å²) in [6, 6.07) is 27.8. The summed E-state index contributed by atoms with van der Waals surface area (Å²) < 4.78 is 2.34. The van der Waals surface area contributed by atoms with Gasteiger partial charge in [-0.1, -0.05) is 85.5 Å². The van der Waals surface area contributed by atoms with Crippen molar-refractivity contribution >= 4 is 49.9 Å². The molecule has 1 heterocycles. The Hall–Kier alpha value is -4.63. The highest BCUT2D eigenvalue weighted by Gasteiger charge is 2.16. The van der Waals surface area contributed by atoms with E-state index in [1.807, 2.05) is 31.2 Å². The molecular formula is C32H27N3. The Labute approximate surface area is 205 Å². The van der Waals surface area contributed by atoms with Gasteiger partial charge in [-0.2, -0.15) is 0 Å². The zero-order valence-electron chi connectivity index (χ0n) is 19.7. The summed E-state index contributed by atoms with van der Waals surface area (Å²) in [4.78, 5) is 0. The van der Waals surface area contributed by atoms with Gasteiger partial charge in [0, 0.05) is 34.3 Å². The Kier molecular flexibility index (Phi) is 5.90. The predicted octanol–water partition coefficient (Wildman–Crippen LogP) is 8.03. The van der Waals surface area contributed by atoms with Crippen molar-refractivity contribution in [2.75, 3.05) is 0 Å². The molecule has 0 saturated carbocycles. The minimum absolute atomic E-state index is 0.834. The van der Waals surface area contributed by atoms with Crippen molar-refractivity contribution in [3.8, 4) is 5.69 Å². The fraction of sp³-hybridized carbons (Fsp3) is 0.0312. The van der Waals surface area contributed by atoms with Gasteiger partial charge in [-0.25, -0.2) is 0 Å². The highest BCUT2D eigenvalue weighted by molar-refractivity contribution is 6.19. The molecule has 0 aliphatic carbocycles. The molecule has 170 valence electrons. The molecule has 3 N–H and O–H groups in total. The monoisotopic (exact) mass is 453 g/mol. The summed E-state index contributed by atoms with van der Waals surface area (Å²) in [5.41, 5.74) is 13.3. The van der Waals surface area contributed by atoms with E-state index in [4.69, 9.17) is 11.1 Å². The maximum atomic E-state index is 7.80. The Morgan fingerprint density at radius 1 is 0.857 bits per heavy atom. The average molecular weight is 454 g/mol. The van der Waals surface area contributed by atoms with Crippen LogP contribution in [0.15, 0.2) is 116 Å².